The second-order valence-corrected chi connectivity index (χ2v) is 3.44. The molecule has 0 amide bonds. The van der Waals surface area contributed by atoms with Gasteiger partial charge in [0.2, 0.25) is 0 Å². The first-order valence-corrected chi connectivity index (χ1v) is 4.49. The van der Waals surface area contributed by atoms with Gasteiger partial charge < -0.3 is 5.11 Å². The monoisotopic (exact) mass is 261 g/mol. The van der Waals surface area contributed by atoms with Crippen LogP contribution in [0.3, 0.4) is 0 Å². The lowest BCUT2D eigenvalue weighted by atomic mass is 10.2. The quantitative estimate of drug-likeness (QED) is 0.658. The van der Waals surface area contributed by atoms with Gasteiger partial charge in [0, 0.05) is 16.7 Å². The second-order valence-electron chi connectivity index (χ2n) is 2.20. The molecule has 0 saturated heterocycles. The Balaban J connectivity index is 3.00. The molecule has 0 aliphatic carbocycles. The molecule has 0 saturated carbocycles. The van der Waals surface area contributed by atoms with E-state index in [0.29, 0.717) is 15.2 Å². The largest absolute Gasteiger partial charge is 0.478 e. The minimum Gasteiger partial charge on any atom is -0.478 e. The van der Waals surface area contributed by atoms with E-state index < -0.39 is 5.97 Å². The minimum atomic E-state index is -1.00. The van der Waals surface area contributed by atoms with Crippen molar-refractivity contribution in [2.75, 3.05) is 0 Å². The maximum absolute atomic E-state index is 10.2. The van der Waals surface area contributed by atoms with Crippen LogP contribution in [0.2, 0.25) is 5.15 Å². The Bertz CT molecular complexity index is 365. The number of halogens is 2. The van der Waals surface area contributed by atoms with Crippen molar-refractivity contribution in [1.29, 1.82) is 0 Å². The van der Waals surface area contributed by atoms with Crippen LogP contribution in [0.4, 0.5) is 0 Å². The molecular weight excluding hydrogens is 257 g/mol. The summed E-state index contributed by atoms with van der Waals surface area (Å²) in [6, 6.07) is 1.57. The lowest BCUT2D eigenvalue weighted by Gasteiger charge is -1.96. The minimum absolute atomic E-state index is 0.327. The number of carboxylic acid groups (broad SMARTS) is 1. The normalized spacial score (nSPS) is 10.6. The molecule has 5 heteroatoms. The van der Waals surface area contributed by atoms with Gasteiger partial charge in [-0.3, -0.25) is 0 Å². The van der Waals surface area contributed by atoms with Crippen molar-refractivity contribution >= 4 is 39.6 Å². The number of aromatic nitrogens is 1. The third kappa shape index (κ3) is 3.16. The average molecular weight is 262 g/mol. The van der Waals surface area contributed by atoms with Gasteiger partial charge in [-0.2, -0.15) is 0 Å². The molecule has 1 rings (SSSR count). The first kappa shape index (κ1) is 10.2. The first-order chi connectivity index (χ1) is 6.09. The van der Waals surface area contributed by atoms with Gasteiger partial charge in [0.15, 0.2) is 0 Å². The zero-order chi connectivity index (χ0) is 9.84. The Morgan fingerprint density at radius 1 is 1.69 bits per heavy atom. The Morgan fingerprint density at radius 2 is 2.38 bits per heavy atom. The summed E-state index contributed by atoms with van der Waals surface area (Å²) in [5.41, 5.74) is 0.683. The Kier molecular flexibility index (Phi) is 3.45. The maximum Gasteiger partial charge on any atom is 0.328 e. The van der Waals surface area contributed by atoms with E-state index in [9.17, 15) is 4.79 Å². The van der Waals surface area contributed by atoms with Crippen molar-refractivity contribution in [3.05, 3.63) is 33.5 Å². The summed E-state index contributed by atoms with van der Waals surface area (Å²) in [4.78, 5) is 14.0. The van der Waals surface area contributed by atoms with Crippen LogP contribution in [0.1, 0.15) is 5.56 Å². The molecule has 0 fully saturated rings. The third-order valence-corrected chi connectivity index (χ3v) is 2.13. The standard InChI is InChI=1S/C8H5BrClNO2/c9-6-4-11-7(10)3-5(6)1-2-8(12)13/h1-4H,(H,12,13)/b2-1+. The van der Waals surface area contributed by atoms with Crippen LogP contribution in [-0.4, -0.2) is 16.1 Å². The predicted octanol–water partition coefficient (Wildman–Crippen LogP) is 2.60. The summed E-state index contributed by atoms with van der Waals surface area (Å²) in [5, 5.41) is 8.71. The van der Waals surface area contributed by atoms with E-state index >= 15 is 0 Å². The average Bonchev–Trinajstić information content (AvgIpc) is 2.06. The number of rotatable bonds is 2. The topological polar surface area (TPSA) is 50.2 Å². The molecule has 1 aromatic rings. The van der Waals surface area contributed by atoms with Crippen molar-refractivity contribution in [2.24, 2.45) is 0 Å². The fourth-order valence-electron chi connectivity index (χ4n) is 0.716. The van der Waals surface area contributed by atoms with E-state index in [0.717, 1.165) is 6.08 Å². The lowest BCUT2D eigenvalue weighted by Crippen LogP contribution is -1.86. The summed E-state index contributed by atoms with van der Waals surface area (Å²) >= 11 is 8.83. The Labute approximate surface area is 88.2 Å². The van der Waals surface area contributed by atoms with E-state index in [1.807, 2.05) is 0 Å². The Morgan fingerprint density at radius 3 is 3.00 bits per heavy atom. The molecular formula is C8H5BrClNO2. The van der Waals surface area contributed by atoms with Crippen molar-refractivity contribution in [3.63, 3.8) is 0 Å². The molecule has 68 valence electrons. The van der Waals surface area contributed by atoms with E-state index in [-0.39, 0.29) is 0 Å². The molecule has 0 unspecified atom stereocenters. The van der Waals surface area contributed by atoms with Crippen LogP contribution in [0.25, 0.3) is 6.08 Å². The zero-order valence-electron chi connectivity index (χ0n) is 6.37. The molecule has 1 heterocycles. The molecule has 0 spiro atoms. The van der Waals surface area contributed by atoms with Gasteiger partial charge in [0.05, 0.1) is 0 Å². The molecule has 1 aromatic heterocycles. The van der Waals surface area contributed by atoms with Crippen LogP contribution >= 0.6 is 27.5 Å². The van der Waals surface area contributed by atoms with Gasteiger partial charge in [0.1, 0.15) is 5.15 Å². The molecule has 3 nitrogen and oxygen atoms in total. The number of nitrogens with zero attached hydrogens (tertiary/aromatic N) is 1. The Hall–Kier alpha value is -0.870. The summed E-state index contributed by atoms with van der Waals surface area (Å²) < 4.78 is 0.703. The zero-order valence-corrected chi connectivity index (χ0v) is 8.71. The predicted molar refractivity (Wildman–Crippen MR) is 53.6 cm³/mol. The van der Waals surface area contributed by atoms with Crippen LogP contribution in [-0.2, 0) is 4.79 Å². The van der Waals surface area contributed by atoms with E-state index in [2.05, 4.69) is 20.9 Å². The van der Waals surface area contributed by atoms with Crippen molar-refractivity contribution in [3.8, 4) is 0 Å². The molecule has 0 aliphatic heterocycles. The van der Waals surface area contributed by atoms with Gasteiger partial charge >= 0.3 is 5.97 Å². The van der Waals surface area contributed by atoms with E-state index in [4.69, 9.17) is 16.7 Å². The summed E-state index contributed by atoms with van der Waals surface area (Å²) in [7, 11) is 0. The maximum atomic E-state index is 10.2. The molecule has 0 atom stereocenters. The highest BCUT2D eigenvalue weighted by molar-refractivity contribution is 9.10. The van der Waals surface area contributed by atoms with Gasteiger partial charge in [-0.25, -0.2) is 9.78 Å². The smallest absolute Gasteiger partial charge is 0.328 e. The molecule has 0 radical (unpaired) electrons. The van der Waals surface area contributed by atoms with Crippen LogP contribution in [0, 0.1) is 0 Å². The molecule has 0 aromatic carbocycles. The van der Waals surface area contributed by atoms with E-state index in [1.165, 1.54) is 12.3 Å². The van der Waals surface area contributed by atoms with Crippen molar-refractivity contribution < 1.29 is 9.90 Å². The fraction of sp³-hybridized carbons (Fsp3) is 0. The van der Waals surface area contributed by atoms with Gasteiger partial charge in [-0.05, 0) is 33.6 Å². The SMILES string of the molecule is O=C(O)/C=C/c1cc(Cl)ncc1Br. The molecule has 1 N–H and O–H groups in total. The lowest BCUT2D eigenvalue weighted by molar-refractivity contribution is -0.131. The van der Waals surface area contributed by atoms with Crippen molar-refractivity contribution in [1.82, 2.24) is 4.98 Å². The number of pyridine rings is 1. The summed E-state index contributed by atoms with van der Waals surface area (Å²) in [6.45, 7) is 0. The number of carboxylic acids is 1. The highest BCUT2D eigenvalue weighted by atomic mass is 79.9. The second kappa shape index (κ2) is 4.39. The summed E-state index contributed by atoms with van der Waals surface area (Å²) in [6.07, 6.45) is 4.00. The van der Waals surface area contributed by atoms with Crippen LogP contribution in [0.5, 0.6) is 0 Å². The van der Waals surface area contributed by atoms with Crippen LogP contribution < -0.4 is 0 Å². The third-order valence-electron chi connectivity index (χ3n) is 1.26. The number of carbonyl (C=O) groups is 1. The molecule has 0 bridgehead atoms. The van der Waals surface area contributed by atoms with Gasteiger partial charge in [0.25, 0.3) is 0 Å². The fourth-order valence-corrected chi connectivity index (χ4v) is 1.23. The highest BCUT2D eigenvalue weighted by Gasteiger charge is 1.98. The van der Waals surface area contributed by atoms with Gasteiger partial charge in [-0.1, -0.05) is 11.6 Å². The van der Waals surface area contributed by atoms with Crippen LogP contribution in [0.15, 0.2) is 22.8 Å². The number of hydrogen-bond acceptors (Lipinski definition) is 2. The first-order valence-electron chi connectivity index (χ1n) is 3.31. The molecule has 13 heavy (non-hydrogen) atoms. The van der Waals surface area contributed by atoms with Crippen molar-refractivity contribution in [2.45, 2.75) is 0 Å². The number of aliphatic carboxylic acids is 1. The van der Waals surface area contributed by atoms with Gasteiger partial charge in [-0.15, -0.1) is 0 Å². The molecule has 0 aliphatic rings. The number of hydrogen-bond donors (Lipinski definition) is 1. The highest BCUT2D eigenvalue weighted by Crippen LogP contribution is 2.19. The van der Waals surface area contributed by atoms with E-state index in [1.54, 1.807) is 6.07 Å². The summed E-state index contributed by atoms with van der Waals surface area (Å²) in [5.74, 6) is -1.00.